The monoisotopic (exact) mass is 254 g/mol. The van der Waals surface area contributed by atoms with E-state index < -0.39 is 23.7 Å². The van der Waals surface area contributed by atoms with Gasteiger partial charge in [-0.3, -0.25) is 15.2 Å². The van der Waals surface area contributed by atoms with E-state index in [1.807, 2.05) is 0 Å². The van der Waals surface area contributed by atoms with Gasteiger partial charge in [0.2, 0.25) is 5.91 Å². The zero-order chi connectivity index (χ0) is 13.6. The largest absolute Gasteiger partial charge is 0.463 e. The third-order valence-electron chi connectivity index (χ3n) is 1.61. The zero-order valence-corrected chi connectivity index (χ0v) is 9.59. The third kappa shape index (κ3) is 5.79. The molecule has 0 radical (unpaired) electrons. The molecule has 0 rings (SSSR count). The minimum absolute atomic E-state index is 0.0387. The smallest absolute Gasteiger partial charge is 0.432 e. The molecule has 17 heavy (non-hydrogen) atoms. The van der Waals surface area contributed by atoms with Crippen molar-refractivity contribution in [3.8, 4) is 0 Å². The molecule has 0 aliphatic heterocycles. The molecule has 0 unspecified atom stereocenters. The van der Waals surface area contributed by atoms with Crippen molar-refractivity contribution in [2.75, 3.05) is 13.7 Å². The van der Waals surface area contributed by atoms with Gasteiger partial charge in [-0.15, -0.1) is 0 Å². The zero-order valence-electron chi connectivity index (χ0n) is 9.59. The average Bonchev–Trinajstić information content (AvgIpc) is 2.15. The van der Waals surface area contributed by atoms with Gasteiger partial charge in [-0.05, 0) is 6.92 Å². The maximum atomic E-state index is 12.5. The Morgan fingerprint density at radius 2 is 1.94 bits per heavy atom. The van der Waals surface area contributed by atoms with Crippen LogP contribution in [0.15, 0.2) is 11.8 Å². The van der Waals surface area contributed by atoms with E-state index >= 15 is 0 Å². The first-order valence-electron chi connectivity index (χ1n) is 4.65. The van der Waals surface area contributed by atoms with Crippen LogP contribution in [0, 0.1) is 0 Å². The second kappa shape index (κ2) is 6.12. The summed E-state index contributed by atoms with van der Waals surface area (Å²) in [5.41, 5.74) is 0.398. The number of hydrogen-bond acceptors (Lipinski definition) is 4. The summed E-state index contributed by atoms with van der Waals surface area (Å²) < 4.78 is 41.8. The number of nitrogens with zero attached hydrogens (tertiary/aromatic N) is 1. The molecule has 0 heterocycles. The summed E-state index contributed by atoms with van der Waals surface area (Å²) in [6, 6.07) is 0. The minimum Gasteiger partial charge on any atom is -0.463 e. The Labute approximate surface area is 96.2 Å². The van der Waals surface area contributed by atoms with Crippen molar-refractivity contribution < 1.29 is 27.5 Å². The number of hydrazine groups is 1. The minimum atomic E-state index is -4.78. The number of amides is 1. The fourth-order valence-electron chi connectivity index (χ4n) is 0.739. The van der Waals surface area contributed by atoms with Gasteiger partial charge in [-0.1, -0.05) is 0 Å². The van der Waals surface area contributed by atoms with Crippen LogP contribution in [-0.4, -0.2) is 36.7 Å². The lowest BCUT2D eigenvalue weighted by atomic mass is 10.4. The summed E-state index contributed by atoms with van der Waals surface area (Å²) >= 11 is 0. The number of alkyl halides is 3. The van der Waals surface area contributed by atoms with Gasteiger partial charge in [-0.25, -0.2) is 4.79 Å². The van der Waals surface area contributed by atoms with Crippen LogP contribution in [0.4, 0.5) is 13.2 Å². The van der Waals surface area contributed by atoms with Gasteiger partial charge in [-0.2, -0.15) is 13.2 Å². The molecule has 5 nitrogen and oxygen atoms in total. The predicted molar refractivity (Wildman–Crippen MR) is 52.4 cm³/mol. The van der Waals surface area contributed by atoms with Crippen LogP contribution >= 0.6 is 0 Å². The van der Waals surface area contributed by atoms with Crippen LogP contribution in [0.3, 0.4) is 0 Å². The quantitative estimate of drug-likeness (QED) is 0.461. The topological polar surface area (TPSA) is 58.6 Å². The number of halogens is 3. The molecule has 0 bridgehead atoms. The van der Waals surface area contributed by atoms with E-state index in [1.54, 1.807) is 5.43 Å². The van der Waals surface area contributed by atoms with Crippen molar-refractivity contribution in [2.45, 2.75) is 20.0 Å². The van der Waals surface area contributed by atoms with Crippen molar-refractivity contribution in [2.24, 2.45) is 0 Å². The van der Waals surface area contributed by atoms with Gasteiger partial charge in [0.25, 0.3) is 0 Å². The standard InChI is InChI=1S/C9H13F3N2O3/c1-4-17-8(16)5-7(9(10,11)12)13-14(3)6(2)15/h5,13H,4H2,1-3H3/b7-5+. The molecule has 8 heteroatoms. The Balaban J connectivity index is 4.90. The van der Waals surface area contributed by atoms with E-state index in [-0.39, 0.29) is 12.7 Å². The van der Waals surface area contributed by atoms with Crippen molar-refractivity contribution in [3.05, 3.63) is 11.8 Å². The van der Waals surface area contributed by atoms with E-state index in [9.17, 15) is 22.8 Å². The van der Waals surface area contributed by atoms with E-state index in [1.165, 1.54) is 6.92 Å². The van der Waals surface area contributed by atoms with E-state index in [4.69, 9.17) is 0 Å². The summed E-state index contributed by atoms with van der Waals surface area (Å²) in [6.07, 6.45) is -4.53. The Morgan fingerprint density at radius 3 is 2.29 bits per heavy atom. The number of carbonyl (C=O) groups excluding carboxylic acids is 2. The number of ether oxygens (including phenoxy) is 1. The fourth-order valence-corrected chi connectivity index (χ4v) is 0.739. The molecule has 0 saturated carbocycles. The number of allylic oxidation sites excluding steroid dienone is 1. The van der Waals surface area contributed by atoms with Crippen LogP contribution in [0.2, 0.25) is 0 Å². The third-order valence-corrected chi connectivity index (χ3v) is 1.61. The van der Waals surface area contributed by atoms with Gasteiger partial charge in [0.1, 0.15) is 5.70 Å². The summed E-state index contributed by atoms with van der Waals surface area (Å²) in [5.74, 6) is -1.77. The van der Waals surface area contributed by atoms with Gasteiger partial charge in [0, 0.05) is 14.0 Å². The molecule has 0 aliphatic rings. The van der Waals surface area contributed by atoms with E-state index in [2.05, 4.69) is 4.74 Å². The molecule has 0 atom stereocenters. The summed E-state index contributed by atoms with van der Waals surface area (Å²) in [5, 5.41) is 0.610. The molecule has 0 spiro atoms. The number of carbonyl (C=O) groups is 2. The lowest BCUT2D eigenvalue weighted by molar-refractivity contribution is -0.140. The second-order valence-electron chi connectivity index (χ2n) is 3.00. The lowest BCUT2D eigenvalue weighted by Gasteiger charge is -2.21. The summed E-state index contributed by atoms with van der Waals surface area (Å²) in [4.78, 5) is 21.7. The second-order valence-corrected chi connectivity index (χ2v) is 3.00. The highest BCUT2D eigenvalue weighted by Gasteiger charge is 2.36. The number of esters is 1. The van der Waals surface area contributed by atoms with Crippen molar-refractivity contribution in [3.63, 3.8) is 0 Å². The normalized spacial score (nSPS) is 12.0. The van der Waals surface area contributed by atoms with Gasteiger partial charge >= 0.3 is 12.1 Å². The maximum Gasteiger partial charge on any atom is 0.432 e. The van der Waals surface area contributed by atoms with Crippen molar-refractivity contribution >= 4 is 11.9 Å². The molecule has 0 aromatic carbocycles. The number of rotatable bonds is 4. The van der Waals surface area contributed by atoms with Crippen molar-refractivity contribution in [1.29, 1.82) is 0 Å². The number of hydrogen-bond donors (Lipinski definition) is 1. The molecular weight excluding hydrogens is 241 g/mol. The summed E-state index contributed by atoms with van der Waals surface area (Å²) in [6.45, 7) is 2.50. The first-order valence-corrected chi connectivity index (χ1v) is 4.65. The van der Waals surface area contributed by atoms with Gasteiger partial charge in [0.05, 0.1) is 12.7 Å². The molecule has 0 fully saturated rings. The molecule has 0 aromatic heterocycles. The molecule has 1 N–H and O–H groups in total. The average molecular weight is 254 g/mol. The maximum absolute atomic E-state index is 12.5. The van der Waals surface area contributed by atoms with E-state index in [0.717, 1.165) is 14.0 Å². The van der Waals surface area contributed by atoms with Crippen LogP contribution in [-0.2, 0) is 14.3 Å². The molecule has 0 aliphatic carbocycles. The predicted octanol–water partition coefficient (Wildman–Crippen LogP) is 0.979. The highest BCUT2D eigenvalue weighted by Crippen LogP contribution is 2.23. The Hall–Kier alpha value is -1.73. The van der Waals surface area contributed by atoms with Gasteiger partial charge < -0.3 is 4.74 Å². The molecule has 0 saturated heterocycles. The Morgan fingerprint density at radius 1 is 1.41 bits per heavy atom. The highest BCUT2D eigenvalue weighted by atomic mass is 19.4. The highest BCUT2D eigenvalue weighted by molar-refractivity contribution is 5.83. The Kier molecular flexibility index (Phi) is 5.49. The van der Waals surface area contributed by atoms with Crippen LogP contribution in [0.1, 0.15) is 13.8 Å². The first kappa shape index (κ1) is 15.3. The molecule has 1 amide bonds. The molecule has 0 aromatic rings. The van der Waals surface area contributed by atoms with Crippen LogP contribution in [0.25, 0.3) is 0 Å². The van der Waals surface area contributed by atoms with Gasteiger partial charge in [0.15, 0.2) is 0 Å². The Bertz CT molecular complexity index is 326. The summed E-state index contributed by atoms with van der Waals surface area (Å²) in [7, 11) is 1.10. The van der Waals surface area contributed by atoms with Crippen LogP contribution in [0.5, 0.6) is 0 Å². The SMILES string of the molecule is CCOC(=O)/C=C(/NN(C)C(C)=O)C(F)(F)F. The fraction of sp³-hybridized carbons (Fsp3) is 0.556. The lowest BCUT2D eigenvalue weighted by Crippen LogP contribution is -2.42. The first-order chi connectivity index (χ1) is 7.68. The van der Waals surface area contributed by atoms with E-state index in [0.29, 0.717) is 5.01 Å². The molecular formula is C9H13F3N2O3. The number of nitrogens with one attached hydrogen (secondary N) is 1. The van der Waals surface area contributed by atoms with Crippen LogP contribution < -0.4 is 5.43 Å². The van der Waals surface area contributed by atoms with Crippen molar-refractivity contribution in [1.82, 2.24) is 10.4 Å². The molecule has 98 valence electrons.